The number of amides is 2. The zero-order valence-corrected chi connectivity index (χ0v) is 22.4. The maximum Gasteiger partial charge on any atom is 0.326 e. The summed E-state index contributed by atoms with van der Waals surface area (Å²) in [5, 5.41) is 12.3. The molecular weight excluding hydrogens is 452 g/mol. The van der Waals surface area contributed by atoms with Crippen LogP contribution in [-0.4, -0.2) is 40.4 Å². The number of nitrogens with zero attached hydrogens (tertiary/aromatic N) is 1. The summed E-state index contributed by atoms with van der Waals surface area (Å²) in [5.74, 6) is -0.812. The van der Waals surface area contributed by atoms with Gasteiger partial charge in [0, 0.05) is 25.4 Å². The molecule has 1 saturated carbocycles. The Balaban J connectivity index is 1.76. The molecule has 1 aliphatic rings. The average molecular weight is 501 g/mol. The molecule has 6 nitrogen and oxygen atoms in total. The predicted molar refractivity (Wildman–Crippen MR) is 144 cm³/mol. The molecule has 1 fully saturated rings. The van der Waals surface area contributed by atoms with Gasteiger partial charge < -0.3 is 15.3 Å². The molecule has 0 saturated heterocycles. The van der Waals surface area contributed by atoms with Crippen LogP contribution in [0.25, 0.3) is 0 Å². The summed E-state index contributed by atoms with van der Waals surface area (Å²) >= 11 is 0. The molecule has 6 heteroatoms. The Morgan fingerprint density at radius 1 is 0.917 bits per heavy atom. The Labute approximate surface area is 218 Å². The van der Waals surface area contributed by atoms with Gasteiger partial charge in [0.05, 0.1) is 0 Å². The Bertz CT molecular complexity index is 761. The molecule has 2 amide bonds. The van der Waals surface area contributed by atoms with Gasteiger partial charge >= 0.3 is 5.97 Å². The summed E-state index contributed by atoms with van der Waals surface area (Å²) in [5.41, 5.74) is 1.11. The summed E-state index contributed by atoms with van der Waals surface area (Å²) in [6, 6.07) is 9.19. The number of benzene rings is 1. The minimum Gasteiger partial charge on any atom is -0.480 e. The number of hydrogen-bond donors (Lipinski definition) is 2. The van der Waals surface area contributed by atoms with Crippen molar-refractivity contribution in [2.24, 2.45) is 5.92 Å². The molecule has 0 aliphatic heterocycles. The minimum atomic E-state index is -0.984. The zero-order valence-electron chi connectivity index (χ0n) is 22.4. The fourth-order valence-electron chi connectivity index (χ4n) is 5.10. The Morgan fingerprint density at radius 3 is 2.25 bits per heavy atom. The second-order valence-corrected chi connectivity index (χ2v) is 10.4. The molecule has 202 valence electrons. The first-order chi connectivity index (χ1) is 17.5. The van der Waals surface area contributed by atoms with E-state index in [0.717, 1.165) is 56.9 Å². The molecule has 1 aromatic carbocycles. The molecule has 36 heavy (non-hydrogen) atoms. The molecule has 0 radical (unpaired) electrons. The molecule has 2 N–H and O–H groups in total. The third-order valence-corrected chi connectivity index (χ3v) is 7.29. The van der Waals surface area contributed by atoms with E-state index in [4.69, 9.17) is 0 Å². The third kappa shape index (κ3) is 12.0. The van der Waals surface area contributed by atoms with E-state index in [1.54, 1.807) is 0 Å². The molecule has 0 aromatic heterocycles. The van der Waals surface area contributed by atoms with Crippen molar-refractivity contribution >= 4 is 17.8 Å². The van der Waals surface area contributed by atoms with Crippen molar-refractivity contribution in [1.29, 1.82) is 0 Å². The van der Waals surface area contributed by atoms with Crippen LogP contribution in [0.2, 0.25) is 0 Å². The normalized spacial score (nSPS) is 14.8. The second kappa shape index (κ2) is 18.0. The largest absolute Gasteiger partial charge is 0.480 e. The fraction of sp³-hybridized carbons (Fsp3) is 0.700. The van der Waals surface area contributed by atoms with Crippen molar-refractivity contribution in [3.63, 3.8) is 0 Å². The molecule has 1 atom stereocenters. The number of rotatable bonds is 18. The van der Waals surface area contributed by atoms with Crippen LogP contribution < -0.4 is 5.32 Å². The van der Waals surface area contributed by atoms with Crippen molar-refractivity contribution in [3.8, 4) is 0 Å². The topological polar surface area (TPSA) is 86.7 Å². The van der Waals surface area contributed by atoms with E-state index in [0.29, 0.717) is 32.4 Å². The van der Waals surface area contributed by atoms with E-state index < -0.39 is 12.0 Å². The first-order valence-electron chi connectivity index (χ1n) is 14.4. The maximum atomic E-state index is 13.3. The molecule has 0 bridgehead atoms. The lowest BCUT2D eigenvalue weighted by molar-refractivity contribution is -0.142. The van der Waals surface area contributed by atoms with Gasteiger partial charge in [0.1, 0.15) is 6.04 Å². The highest BCUT2D eigenvalue weighted by Gasteiger charge is 2.26. The molecule has 1 unspecified atom stereocenters. The fourth-order valence-corrected chi connectivity index (χ4v) is 5.10. The smallest absolute Gasteiger partial charge is 0.326 e. The van der Waals surface area contributed by atoms with Crippen LogP contribution in [0.4, 0.5) is 0 Å². The first kappa shape index (κ1) is 29.9. The lowest BCUT2D eigenvalue weighted by Crippen LogP contribution is -2.41. The molecule has 0 spiro atoms. The van der Waals surface area contributed by atoms with Crippen LogP contribution in [-0.2, 0) is 20.9 Å². The van der Waals surface area contributed by atoms with Crippen LogP contribution in [0.5, 0.6) is 0 Å². The Hall–Kier alpha value is -2.37. The van der Waals surface area contributed by atoms with E-state index in [9.17, 15) is 19.5 Å². The van der Waals surface area contributed by atoms with Gasteiger partial charge in [-0.05, 0) is 44.1 Å². The highest BCUT2D eigenvalue weighted by Crippen LogP contribution is 2.26. The van der Waals surface area contributed by atoms with Gasteiger partial charge in [-0.2, -0.15) is 0 Å². The van der Waals surface area contributed by atoms with Crippen LogP contribution in [0.1, 0.15) is 115 Å². The number of carbonyl (C=O) groups is 3. The number of unbranched alkanes of at least 4 members (excludes halogenated alkanes) is 7. The lowest BCUT2D eigenvalue weighted by Gasteiger charge is -2.29. The van der Waals surface area contributed by atoms with Crippen molar-refractivity contribution in [2.45, 2.75) is 122 Å². The van der Waals surface area contributed by atoms with Crippen LogP contribution in [0, 0.1) is 5.92 Å². The van der Waals surface area contributed by atoms with Crippen LogP contribution in [0.3, 0.4) is 0 Å². The van der Waals surface area contributed by atoms with Crippen molar-refractivity contribution < 1.29 is 19.5 Å². The summed E-state index contributed by atoms with van der Waals surface area (Å²) in [7, 11) is 0. The lowest BCUT2D eigenvalue weighted by atomic mass is 9.88. The molecule has 1 aromatic rings. The monoisotopic (exact) mass is 500 g/mol. The van der Waals surface area contributed by atoms with Gasteiger partial charge in [0.15, 0.2) is 0 Å². The van der Waals surface area contributed by atoms with E-state index >= 15 is 0 Å². The highest BCUT2D eigenvalue weighted by molar-refractivity contribution is 5.83. The standard InChI is InChI=1S/C30H48N2O4/c1-2-3-4-5-6-7-14-22-28(33)31-27(30(35)36)21-15-16-23-32(24-25-17-10-8-11-18-25)29(34)26-19-12-9-13-20-26/h8,10-11,17-18,26-27H,2-7,9,12-16,19-24H2,1H3,(H,31,33)(H,35,36). The number of carboxylic acids is 1. The second-order valence-electron chi connectivity index (χ2n) is 10.4. The molecular formula is C30H48N2O4. The summed E-state index contributed by atoms with van der Waals surface area (Å²) in [6.45, 7) is 3.40. The summed E-state index contributed by atoms with van der Waals surface area (Å²) in [4.78, 5) is 39.2. The Morgan fingerprint density at radius 2 is 1.58 bits per heavy atom. The van der Waals surface area contributed by atoms with Gasteiger partial charge in [-0.25, -0.2) is 4.79 Å². The minimum absolute atomic E-state index is 0.111. The maximum absolute atomic E-state index is 13.3. The zero-order chi connectivity index (χ0) is 26.0. The number of hydrogen-bond acceptors (Lipinski definition) is 3. The van der Waals surface area contributed by atoms with Crippen molar-refractivity contribution in [1.82, 2.24) is 10.2 Å². The van der Waals surface area contributed by atoms with E-state index in [2.05, 4.69) is 12.2 Å². The summed E-state index contributed by atoms with van der Waals surface area (Å²) < 4.78 is 0. The third-order valence-electron chi connectivity index (χ3n) is 7.29. The van der Waals surface area contributed by atoms with Gasteiger partial charge in [-0.3, -0.25) is 9.59 Å². The van der Waals surface area contributed by atoms with Crippen molar-refractivity contribution in [2.75, 3.05) is 6.54 Å². The van der Waals surface area contributed by atoms with E-state index in [1.165, 1.54) is 32.1 Å². The highest BCUT2D eigenvalue weighted by atomic mass is 16.4. The van der Waals surface area contributed by atoms with Crippen LogP contribution >= 0.6 is 0 Å². The number of carboxylic acid groups (broad SMARTS) is 1. The number of aliphatic carboxylic acids is 1. The average Bonchev–Trinajstić information content (AvgIpc) is 2.89. The molecule has 1 aliphatic carbocycles. The van der Waals surface area contributed by atoms with Gasteiger partial charge in [-0.15, -0.1) is 0 Å². The quantitative estimate of drug-likeness (QED) is 0.226. The van der Waals surface area contributed by atoms with Gasteiger partial charge in [0.2, 0.25) is 11.8 Å². The number of carbonyl (C=O) groups excluding carboxylic acids is 2. The van der Waals surface area contributed by atoms with E-state index in [-0.39, 0.29) is 17.7 Å². The van der Waals surface area contributed by atoms with Crippen molar-refractivity contribution in [3.05, 3.63) is 35.9 Å². The van der Waals surface area contributed by atoms with Gasteiger partial charge in [-0.1, -0.05) is 95.0 Å². The van der Waals surface area contributed by atoms with E-state index in [1.807, 2.05) is 35.2 Å². The SMILES string of the molecule is CCCCCCCCCC(=O)NC(CCCCN(Cc1ccccc1)C(=O)C1CCCCC1)C(=O)O. The molecule has 0 heterocycles. The first-order valence-corrected chi connectivity index (χ1v) is 14.4. The molecule has 2 rings (SSSR count). The predicted octanol–water partition coefficient (Wildman–Crippen LogP) is 6.48. The Kier molecular flexibility index (Phi) is 14.9. The number of nitrogens with one attached hydrogen (secondary N) is 1. The summed E-state index contributed by atoms with van der Waals surface area (Å²) in [6.07, 6.45) is 15.4. The van der Waals surface area contributed by atoms with Crippen LogP contribution in [0.15, 0.2) is 30.3 Å². The van der Waals surface area contributed by atoms with Gasteiger partial charge in [0.25, 0.3) is 0 Å².